The number of halogens is 4. The zero-order valence-corrected chi connectivity index (χ0v) is 21.3. The van der Waals surface area contributed by atoms with E-state index in [1.807, 2.05) is 24.3 Å². The molecular formula is C28H29ClF3N3O2. The maximum Gasteiger partial charge on any atom is 0.416 e. The molecule has 5 nitrogen and oxygen atoms in total. The number of nitrogens with zero attached hydrogens (tertiary/aromatic N) is 2. The zero-order chi connectivity index (χ0) is 26.4. The predicted octanol–water partition coefficient (Wildman–Crippen LogP) is 5.47. The van der Waals surface area contributed by atoms with Crippen molar-refractivity contribution in [2.45, 2.75) is 19.3 Å². The van der Waals surface area contributed by atoms with Crippen molar-refractivity contribution < 1.29 is 22.7 Å². The van der Waals surface area contributed by atoms with E-state index >= 15 is 0 Å². The van der Waals surface area contributed by atoms with Gasteiger partial charge in [-0.1, -0.05) is 48.0 Å². The Kier molecular flexibility index (Phi) is 8.74. The van der Waals surface area contributed by atoms with E-state index in [1.165, 1.54) is 12.1 Å². The summed E-state index contributed by atoms with van der Waals surface area (Å²) in [6.45, 7) is 4.58. The van der Waals surface area contributed by atoms with Gasteiger partial charge in [-0.3, -0.25) is 9.69 Å². The molecule has 0 aromatic heterocycles. The highest BCUT2D eigenvalue weighted by atomic mass is 35.5. The number of rotatable bonds is 8. The van der Waals surface area contributed by atoms with Crippen LogP contribution in [0.3, 0.4) is 0 Å². The molecule has 1 N–H and O–H groups in total. The molecule has 0 radical (unpaired) electrons. The molecule has 9 heteroatoms. The maximum absolute atomic E-state index is 13.0. The van der Waals surface area contributed by atoms with Gasteiger partial charge < -0.3 is 15.0 Å². The molecule has 1 fully saturated rings. The van der Waals surface area contributed by atoms with Gasteiger partial charge in [0.2, 0.25) is 0 Å². The molecule has 1 aliphatic heterocycles. The third-order valence-electron chi connectivity index (χ3n) is 6.36. The molecule has 4 rings (SSSR count). The summed E-state index contributed by atoms with van der Waals surface area (Å²) in [5.74, 6) is 0.262. The van der Waals surface area contributed by atoms with Crippen molar-refractivity contribution in [3.8, 4) is 16.9 Å². The number of benzene rings is 3. The molecule has 3 aromatic rings. The SMILES string of the molecule is CN1CCN(Cc2ccc(-c3ccc(C(F)(F)F)cc3)cc2OCC(=O)NCc2ccc(Cl)cc2)CC1. The first-order chi connectivity index (χ1) is 17.7. The number of carbonyl (C=O) groups excluding carboxylic acids is 1. The standard InChI is InChI=1S/C28H29ClF3N3O2/c1-34-12-14-35(15-13-34)18-23-5-4-22(21-6-8-24(9-7-21)28(30,31)32)16-26(23)37-19-27(36)33-17-20-2-10-25(29)11-3-20/h2-11,16H,12-15,17-19H2,1H3,(H,33,36). The van der Waals surface area contributed by atoms with Crippen LogP contribution in [0.4, 0.5) is 13.2 Å². The van der Waals surface area contributed by atoms with Crippen LogP contribution in [-0.2, 0) is 24.1 Å². The normalized spacial score (nSPS) is 14.9. The van der Waals surface area contributed by atoms with Gasteiger partial charge in [-0.05, 0) is 54.1 Å². The zero-order valence-electron chi connectivity index (χ0n) is 20.5. The number of hydrogen-bond donors (Lipinski definition) is 1. The van der Waals surface area contributed by atoms with Crippen LogP contribution in [-0.4, -0.2) is 55.5 Å². The van der Waals surface area contributed by atoms with Gasteiger partial charge in [-0.2, -0.15) is 13.2 Å². The molecule has 1 amide bonds. The van der Waals surface area contributed by atoms with E-state index in [2.05, 4.69) is 22.2 Å². The molecule has 1 saturated heterocycles. The lowest BCUT2D eigenvalue weighted by atomic mass is 10.0. The minimum atomic E-state index is -4.39. The van der Waals surface area contributed by atoms with Crippen LogP contribution in [0.5, 0.6) is 5.75 Å². The largest absolute Gasteiger partial charge is 0.483 e. The summed E-state index contributed by atoms with van der Waals surface area (Å²) in [6, 6.07) is 17.8. The molecule has 0 bridgehead atoms. The fourth-order valence-electron chi connectivity index (χ4n) is 4.09. The Morgan fingerprint density at radius 3 is 2.24 bits per heavy atom. The van der Waals surface area contributed by atoms with Gasteiger partial charge in [0.25, 0.3) is 5.91 Å². The summed E-state index contributed by atoms with van der Waals surface area (Å²) in [4.78, 5) is 17.1. The van der Waals surface area contributed by atoms with Gasteiger partial charge >= 0.3 is 6.18 Å². The first-order valence-corrected chi connectivity index (χ1v) is 12.4. The van der Waals surface area contributed by atoms with Gasteiger partial charge in [-0.15, -0.1) is 0 Å². The van der Waals surface area contributed by atoms with Crippen molar-refractivity contribution in [1.82, 2.24) is 15.1 Å². The Labute approximate surface area is 219 Å². The molecule has 0 aliphatic carbocycles. The third kappa shape index (κ3) is 7.71. The molecule has 37 heavy (non-hydrogen) atoms. The highest BCUT2D eigenvalue weighted by Gasteiger charge is 2.30. The number of hydrogen-bond acceptors (Lipinski definition) is 4. The van der Waals surface area contributed by atoms with Crippen LogP contribution in [0.15, 0.2) is 66.7 Å². The van der Waals surface area contributed by atoms with Crippen molar-refractivity contribution >= 4 is 17.5 Å². The fraction of sp³-hybridized carbons (Fsp3) is 0.321. The molecule has 3 aromatic carbocycles. The summed E-state index contributed by atoms with van der Waals surface area (Å²) in [5, 5.41) is 3.46. The number of ether oxygens (including phenoxy) is 1. The first-order valence-electron chi connectivity index (χ1n) is 12.0. The minimum Gasteiger partial charge on any atom is -0.483 e. The topological polar surface area (TPSA) is 44.8 Å². The van der Waals surface area contributed by atoms with E-state index in [4.69, 9.17) is 16.3 Å². The van der Waals surface area contributed by atoms with Crippen molar-refractivity contribution in [2.75, 3.05) is 39.8 Å². The smallest absolute Gasteiger partial charge is 0.416 e. The maximum atomic E-state index is 13.0. The fourth-order valence-corrected chi connectivity index (χ4v) is 4.22. The van der Waals surface area contributed by atoms with Gasteiger partial charge in [0, 0.05) is 49.9 Å². The summed E-state index contributed by atoms with van der Waals surface area (Å²) in [5.41, 5.74) is 2.49. The molecule has 196 valence electrons. The molecule has 0 spiro atoms. The second-order valence-corrected chi connectivity index (χ2v) is 9.61. The van der Waals surface area contributed by atoms with E-state index in [9.17, 15) is 18.0 Å². The van der Waals surface area contributed by atoms with Crippen molar-refractivity contribution in [2.24, 2.45) is 0 Å². The van der Waals surface area contributed by atoms with Crippen molar-refractivity contribution in [1.29, 1.82) is 0 Å². The van der Waals surface area contributed by atoms with Crippen LogP contribution in [0.2, 0.25) is 5.02 Å². The van der Waals surface area contributed by atoms with Gasteiger partial charge in [0.15, 0.2) is 6.61 Å². The van der Waals surface area contributed by atoms with E-state index in [1.54, 1.807) is 18.2 Å². The number of carbonyl (C=O) groups is 1. The average molecular weight is 532 g/mol. The van der Waals surface area contributed by atoms with Crippen LogP contribution in [0.25, 0.3) is 11.1 Å². The van der Waals surface area contributed by atoms with Crippen LogP contribution in [0.1, 0.15) is 16.7 Å². The van der Waals surface area contributed by atoms with E-state index in [-0.39, 0.29) is 12.5 Å². The molecule has 1 aliphatic rings. The average Bonchev–Trinajstić information content (AvgIpc) is 2.88. The van der Waals surface area contributed by atoms with Crippen LogP contribution in [0, 0.1) is 0 Å². The Morgan fingerprint density at radius 2 is 1.59 bits per heavy atom. The van der Waals surface area contributed by atoms with Gasteiger partial charge in [-0.25, -0.2) is 0 Å². The second-order valence-electron chi connectivity index (χ2n) is 9.17. The lowest BCUT2D eigenvalue weighted by molar-refractivity contribution is -0.137. The van der Waals surface area contributed by atoms with Gasteiger partial charge in [0.05, 0.1) is 5.56 Å². The summed E-state index contributed by atoms with van der Waals surface area (Å²) >= 11 is 5.91. The quantitative estimate of drug-likeness (QED) is 0.419. The summed E-state index contributed by atoms with van der Waals surface area (Å²) in [6.07, 6.45) is -4.39. The Bertz CT molecular complexity index is 1190. The van der Waals surface area contributed by atoms with Crippen LogP contribution >= 0.6 is 11.6 Å². The second kappa shape index (κ2) is 12.0. The molecule has 0 unspecified atom stereocenters. The number of nitrogens with one attached hydrogen (secondary N) is 1. The molecular weight excluding hydrogens is 503 g/mol. The number of amides is 1. The number of likely N-dealkylation sites (N-methyl/N-ethyl adjacent to an activating group) is 1. The Morgan fingerprint density at radius 1 is 0.946 bits per heavy atom. The Hall–Kier alpha value is -3.07. The van der Waals surface area contributed by atoms with Gasteiger partial charge in [0.1, 0.15) is 5.75 Å². The van der Waals surface area contributed by atoms with E-state index in [0.29, 0.717) is 35.0 Å². The summed E-state index contributed by atoms with van der Waals surface area (Å²) < 4.78 is 44.9. The summed E-state index contributed by atoms with van der Waals surface area (Å²) in [7, 11) is 2.09. The van der Waals surface area contributed by atoms with Crippen molar-refractivity contribution in [3.63, 3.8) is 0 Å². The Balaban J connectivity index is 1.48. The minimum absolute atomic E-state index is 0.181. The van der Waals surface area contributed by atoms with Crippen molar-refractivity contribution in [3.05, 3.63) is 88.4 Å². The van der Waals surface area contributed by atoms with E-state index in [0.717, 1.165) is 49.4 Å². The molecule has 1 heterocycles. The van der Waals surface area contributed by atoms with Crippen LogP contribution < -0.4 is 10.1 Å². The molecule has 0 atom stereocenters. The highest BCUT2D eigenvalue weighted by molar-refractivity contribution is 6.30. The highest BCUT2D eigenvalue weighted by Crippen LogP contribution is 2.33. The predicted molar refractivity (Wildman–Crippen MR) is 138 cm³/mol. The monoisotopic (exact) mass is 531 g/mol. The number of piperazine rings is 1. The third-order valence-corrected chi connectivity index (χ3v) is 6.62. The number of alkyl halides is 3. The lowest BCUT2D eigenvalue weighted by Crippen LogP contribution is -2.43. The van der Waals surface area contributed by atoms with E-state index < -0.39 is 11.7 Å². The molecule has 0 saturated carbocycles. The lowest BCUT2D eigenvalue weighted by Gasteiger charge is -2.32. The first kappa shape index (κ1) is 27.0.